The van der Waals surface area contributed by atoms with Gasteiger partial charge >= 0.3 is 7.25 Å². The van der Waals surface area contributed by atoms with Gasteiger partial charge in [-0.25, -0.2) is 0 Å². The molecule has 15 heavy (non-hydrogen) atoms. The first-order valence-corrected chi connectivity index (χ1v) is 5.63. The maximum absolute atomic E-state index is 9.75. The number of piperidine rings is 1. The van der Waals surface area contributed by atoms with Crippen molar-refractivity contribution in [3.8, 4) is 0 Å². The predicted molar refractivity (Wildman–Crippen MR) is 52.0 cm³/mol. The molecule has 2 aliphatic rings. The summed E-state index contributed by atoms with van der Waals surface area (Å²) < 4.78 is 39.0. The second-order valence-corrected chi connectivity index (χ2v) is 4.51. The molecule has 1 saturated heterocycles. The van der Waals surface area contributed by atoms with Crippen LogP contribution in [0.1, 0.15) is 44.9 Å². The molecule has 2 rings (SSSR count). The molecule has 0 radical (unpaired) electrons. The average molecular weight is 227 g/mol. The van der Waals surface area contributed by atoms with Crippen LogP contribution >= 0.6 is 0 Å². The average Bonchev–Trinajstić information content (AvgIpc) is 2.52. The van der Waals surface area contributed by atoms with Gasteiger partial charge in [-0.05, 0) is 25.7 Å². The van der Waals surface area contributed by atoms with Crippen molar-refractivity contribution in [2.45, 2.75) is 50.5 Å². The summed E-state index contributed by atoms with van der Waals surface area (Å²) in [4.78, 5) is 0. The Morgan fingerprint density at radius 2 is 1.20 bits per heavy atom. The van der Waals surface area contributed by atoms with Gasteiger partial charge in [-0.3, -0.25) is 0 Å². The Morgan fingerprint density at radius 3 is 1.60 bits per heavy atom. The van der Waals surface area contributed by atoms with Crippen LogP contribution in [0.4, 0.5) is 17.3 Å². The van der Waals surface area contributed by atoms with E-state index in [1.807, 2.05) is 0 Å². The van der Waals surface area contributed by atoms with Gasteiger partial charge in [0.1, 0.15) is 0 Å². The van der Waals surface area contributed by atoms with Crippen molar-refractivity contribution in [2.24, 2.45) is 0 Å². The summed E-state index contributed by atoms with van der Waals surface area (Å²) in [6.07, 6.45) is 10.5. The van der Waals surface area contributed by atoms with E-state index in [0.717, 1.165) is 5.54 Å². The highest BCUT2D eigenvalue weighted by Gasteiger charge is 2.38. The highest BCUT2D eigenvalue weighted by atomic mass is 19.5. The largest absolute Gasteiger partial charge is 0.673 e. The normalized spacial score (nSPS) is 24.8. The third-order valence-electron chi connectivity index (χ3n) is 3.31. The zero-order chi connectivity index (χ0) is 11.4. The number of nitrogens with two attached hydrogens (primary N) is 1. The molecule has 0 unspecified atom stereocenters. The lowest BCUT2D eigenvalue weighted by molar-refractivity contribution is -0.734. The van der Waals surface area contributed by atoms with Crippen molar-refractivity contribution in [3.05, 3.63) is 0 Å². The van der Waals surface area contributed by atoms with E-state index in [-0.39, 0.29) is 0 Å². The summed E-state index contributed by atoms with van der Waals surface area (Å²) in [6.45, 7) is 1.40. The molecule has 1 spiro atoms. The van der Waals surface area contributed by atoms with E-state index in [4.69, 9.17) is 0 Å². The maximum atomic E-state index is 9.75. The molecule has 2 N–H and O–H groups in total. The molecule has 1 nitrogen and oxygen atoms in total. The van der Waals surface area contributed by atoms with Crippen LogP contribution in [0.25, 0.3) is 0 Å². The van der Waals surface area contributed by atoms with E-state index in [9.17, 15) is 17.3 Å². The summed E-state index contributed by atoms with van der Waals surface area (Å²) >= 11 is 0. The first-order valence-electron chi connectivity index (χ1n) is 5.63. The van der Waals surface area contributed by atoms with E-state index >= 15 is 0 Å². The van der Waals surface area contributed by atoms with E-state index in [2.05, 4.69) is 5.32 Å². The van der Waals surface area contributed by atoms with Gasteiger partial charge in [-0.2, -0.15) is 0 Å². The zero-order valence-electron chi connectivity index (χ0n) is 8.82. The second kappa shape index (κ2) is 5.19. The third kappa shape index (κ3) is 5.40. The van der Waals surface area contributed by atoms with Crippen LogP contribution in [0.3, 0.4) is 0 Å². The molecule has 1 aliphatic carbocycles. The minimum atomic E-state index is -6.00. The van der Waals surface area contributed by atoms with E-state index in [1.165, 1.54) is 51.5 Å². The molecule has 0 amide bonds. The molecule has 0 bridgehead atoms. The van der Waals surface area contributed by atoms with Gasteiger partial charge < -0.3 is 22.6 Å². The third-order valence-corrected chi connectivity index (χ3v) is 3.31. The molecule has 1 heterocycles. The van der Waals surface area contributed by atoms with Gasteiger partial charge in [0.15, 0.2) is 0 Å². The van der Waals surface area contributed by atoms with Gasteiger partial charge in [0, 0.05) is 19.3 Å². The van der Waals surface area contributed by atoms with Crippen molar-refractivity contribution in [1.82, 2.24) is 0 Å². The van der Waals surface area contributed by atoms with Crippen LogP contribution in [0.2, 0.25) is 0 Å². The monoisotopic (exact) mass is 227 g/mol. The number of quaternary nitrogens is 1. The molecule has 0 atom stereocenters. The predicted octanol–water partition coefficient (Wildman–Crippen LogP) is 2.35. The topological polar surface area (TPSA) is 16.6 Å². The van der Waals surface area contributed by atoms with Crippen LogP contribution < -0.4 is 5.32 Å². The molecule has 0 aromatic rings. The van der Waals surface area contributed by atoms with Crippen molar-refractivity contribution >= 4 is 7.25 Å². The molecule has 90 valence electrons. The minimum Gasteiger partial charge on any atom is -0.418 e. The first kappa shape index (κ1) is 12.8. The first-order chi connectivity index (χ1) is 6.91. The lowest BCUT2D eigenvalue weighted by Gasteiger charge is -2.30. The van der Waals surface area contributed by atoms with Gasteiger partial charge in [0.25, 0.3) is 0 Å². The highest BCUT2D eigenvalue weighted by Crippen LogP contribution is 2.31. The van der Waals surface area contributed by atoms with Gasteiger partial charge in [-0.1, -0.05) is 0 Å². The highest BCUT2D eigenvalue weighted by molar-refractivity contribution is 6.50. The van der Waals surface area contributed by atoms with Gasteiger partial charge in [-0.15, -0.1) is 0 Å². The fourth-order valence-corrected chi connectivity index (χ4v) is 2.66. The second-order valence-electron chi connectivity index (χ2n) is 4.51. The Kier molecular flexibility index (Phi) is 4.43. The molecule has 0 aromatic heterocycles. The lowest BCUT2D eigenvalue weighted by atomic mass is 9.88. The number of hydrogen-bond donors (Lipinski definition) is 1. The molecular formula is C9H18BF4N. The number of halogens is 4. The van der Waals surface area contributed by atoms with Gasteiger partial charge in [0.2, 0.25) is 0 Å². The van der Waals surface area contributed by atoms with Crippen LogP contribution in [0.15, 0.2) is 0 Å². The molecule has 0 aromatic carbocycles. The van der Waals surface area contributed by atoms with Crippen LogP contribution in [-0.4, -0.2) is 19.3 Å². The Morgan fingerprint density at radius 1 is 0.800 bits per heavy atom. The molecule has 1 saturated carbocycles. The van der Waals surface area contributed by atoms with Crippen molar-refractivity contribution in [3.63, 3.8) is 0 Å². The standard InChI is InChI=1S/C9H17N.BF4/c1-2-6-9(5-1)7-3-4-8-10-9;2-1(3,4)5/h10H,1-8H2;/q;-1/p+1. The van der Waals surface area contributed by atoms with E-state index in [1.54, 1.807) is 0 Å². The molecular weight excluding hydrogens is 209 g/mol. The van der Waals surface area contributed by atoms with Crippen LogP contribution in [-0.2, 0) is 0 Å². The lowest BCUT2D eigenvalue weighted by Crippen LogP contribution is -2.97. The maximum Gasteiger partial charge on any atom is 0.673 e. The van der Waals surface area contributed by atoms with Crippen LogP contribution in [0, 0.1) is 0 Å². The van der Waals surface area contributed by atoms with Crippen LogP contribution in [0.5, 0.6) is 0 Å². The van der Waals surface area contributed by atoms with Crippen molar-refractivity contribution in [2.75, 3.05) is 6.54 Å². The van der Waals surface area contributed by atoms with E-state index in [0.29, 0.717) is 0 Å². The molecule has 2 fully saturated rings. The molecule has 6 heteroatoms. The number of rotatable bonds is 0. The SMILES string of the molecule is C1CCC2(CCCC2)[NH2+]C1.F[B-](F)(F)F. The summed E-state index contributed by atoms with van der Waals surface area (Å²) in [5, 5.41) is 2.63. The molecule has 1 aliphatic heterocycles. The zero-order valence-corrected chi connectivity index (χ0v) is 8.82. The Balaban J connectivity index is 0.000000195. The Bertz CT molecular complexity index is 175. The smallest absolute Gasteiger partial charge is 0.418 e. The Hall–Kier alpha value is -0.255. The van der Waals surface area contributed by atoms with Crippen molar-refractivity contribution < 1.29 is 22.6 Å². The summed E-state index contributed by atoms with van der Waals surface area (Å²) in [6, 6.07) is 0. The summed E-state index contributed by atoms with van der Waals surface area (Å²) in [7, 11) is -6.00. The fraction of sp³-hybridized carbons (Fsp3) is 1.00. The quantitative estimate of drug-likeness (QED) is 0.483. The minimum absolute atomic E-state index is 0.748. The summed E-state index contributed by atoms with van der Waals surface area (Å²) in [5.41, 5.74) is 0.748. The fourth-order valence-electron chi connectivity index (χ4n) is 2.66. The number of hydrogen-bond acceptors (Lipinski definition) is 0. The van der Waals surface area contributed by atoms with E-state index < -0.39 is 7.25 Å². The van der Waals surface area contributed by atoms with Gasteiger partial charge in [0.05, 0.1) is 12.1 Å². The van der Waals surface area contributed by atoms with Crippen molar-refractivity contribution in [1.29, 1.82) is 0 Å². The Labute approximate surface area is 87.7 Å². The summed E-state index contributed by atoms with van der Waals surface area (Å²) in [5.74, 6) is 0.